The molecule has 160 valence electrons. The van der Waals surface area contributed by atoms with Gasteiger partial charge in [-0.2, -0.15) is 0 Å². The fourth-order valence-electron chi connectivity index (χ4n) is 3.54. The van der Waals surface area contributed by atoms with Crippen molar-refractivity contribution in [3.63, 3.8) is 0 Å². The van der Waals surface area contributed by atoms with Crippen LogP contribution in [0.15, 0.2) is 0 Å². The zero-order valence-electron chi connectivity index (χ0n) is 18.0. The summed E-state index contributed by atoms with van der Waals surface area (Å²) in [6, 6.07) is 0. The maximum Gasteiger partial charge on any atom is -0.00205 e. The molecule has 27 heavy (non-hydrogen) atoms. The quantitative estimate of drug-likeness (QED) is 0.216. The number of unbranched alkanes of at least 4 members (excludes halogenated alkanes) is 6. The third-order valence-corrected chi connectivity index (χ3v) is 5.88. The zero-order chi connectivity index (χ0) is 18.8. The van der Waals surface area contributed by atoms with E-state index in [2.05, 4.69) is 21.3 Å². The van der Waals surface area contributed by atoms with Crippen LogP contribution in [0.3, 0.4) is 0 Å². The molecule has 2 aliphatic carbocycles. The molecule has 2 rings (SSSR count). The van der Waals surface area contributed by atoms with Crippen LogP contribution in [0.5, 0.6) is 0 Å². The Morgan fingerprint density at radius 2 is 0.667 bits per heavy atom. The molecule has 0 aromatic carbocycles. The minimum atomic E-state index is 1.02. The van der Waals surface area contributed by atoms with Crippen LogP contribution in [-0.2, 0) is 0 Å². The van der Waals surface area contributed by atoms with Crippen molar-refractivity contribution in [2.45, 2.75) is 83.5 Å². The molecule has 0 bridgehead atoms. The highest BCUT2D eigenvalue weighted by atomic mass is 14.9. The van der Waals surface area contributed by atoms with E-state index in [-0.39, 0.29) is 0 Å². The third kappa shape index (κ3) is 16.5. The SMILES string of the molecule is C(CCCNCCCCNCC1CC1)CCCNCCCCNCC1CC1. The van der Waals surface area contributed by atoms with Gasteiger partial charge in [0.05, 0.1) is 0 Å². The van der Waals surface area contributed by atoms with E-state index in [1.165, 1.54) is 136 Å². The van der Waals surface area contributed by atoms with E-state index in [1.54, 1.807) is 0 Å². The van der Waals surface area contributed by atoms with E-state index < -0.39 is 0 Å². The van der Waals surface area contributed by atoms with Crippen LogP contribution in [0.4, 0.5) is 0 Å². The summed E-state index contributed by atoms with van der Waals surface area (Å²) in [4.78, 5) is 0. The van der Waals surface area contributed by atoms with Crippen LogP contribution in [0.1, 0.15) is 83.5 Å². The Hall–Kier alpha value is -0.160. The van der Waals surface area contributed by atoms with Gasteiger partial charge in [0.1, 0.15) is 0 Å². The Morgan fingerprint density at radius 1 is 0.370 bits per heavy atom. The van der Waals surface area contributed by atoms with E-state index in [0.717, 1.165) is 11.8 Å². The summed E-state index contributed by atoms with van der Waals surface area (Å²) in [6.45, 7) is 9.77. The van der Waals surface area contributed by atoms with Crippen LogP contribution < -0.4 is 21.3 Å². The van der Waals surface area contributed by atoms with Gasteiger partial charge in [-0.25, -0.2) is 0 Å². The van der Waals surface area contributed by atoms with Gasteiger partial charge in [0.2, 0.25) is 0 Å². The van der Waals surface area contributed by atoms with Crippen LogP contribution in [0.2, 0.25) is 0 Å². The molecule has 2 saturated carbocycles. The molecule has 0 saturated heterocycles. The van der Waals surface area contributed by atoms with Crippen molar-refractivity contribution in [1.29, 1.82) is 0 Å². The van der Waals surface area contributed by atoms with Crippen molar-refractivity contribution in [3.05, 3.63) is 0 Å². The first-order valence-electron chi connectivity index (χ1n) is 12.3. The van der Waals surface area contributed by atoms with Gasteiger partial charge in [0.25, 0.3) is 0 Å². The lowest BCUT2D eigenvalue weighted by atomic mass is 10.1. The van der Waals surface area contributed by atoms with Crippen LogP contribution in [0.25, 0.3) is 0 Å². The molecule has 0 atom stereocenters. The number of hydrogen-bond donors (Lipinski definition) is 4. The van der Waals surface area contributed by atoms with Gasteiger partial charge in [0, 0.05) is 0 Å². The molecule has 2 fully saturated rings. The van der Waals surface area contributed by atoms with Crippen molar-refractivity contribution in [3.8, 4) is 0 Å². The summed E-state index contributed by atoms with van der Waals surface area (Å²) in [5, 5.41) is 14.3. The summed E-state index contributed by atoms with van der Waals surface area (Å²) in [5.74, 6) is 2.03. The average Bonchev–Trinajstić information content (AvgIpc) is 3.58. The second-order valence-corrected chi connectivity index (χ2v) is 8.98. The molecule has 0 unspecified atom stereocenters. The van der Waals surface area contributed by atoms with Crippen molar-refractivity contribution in [2.75, 3.05) is 52.4 Å². The van der Waals surface area contributed by atoms with Crippen LogP contribution in [0, 0.1) is 11.8 Å². The minimum Gasteiger partial charge on any atom is -0.317 e. The topological polar surface area (TPSA) is 48.1 Å². The lowest BCUT2D eigenvalue weighted by Gasteiger charge is -2.07. The monoisotopic (exact) mass is 380 g/mol. The van der Waals surface area contributed by atoms with Crippen molar-refractivity contribution >= 4 is 0 Å². The fourth-order valence-corrected chi connectivity index (χ4v) is 3.54. The Labute approximate surface area is 169 Å². The highest BCUT2D eigenvalue weighted by molar-refractivity contribution is 4.75. The van der Waals surface area contributed by atoms with Gasteiger partial charge in [-0.15, -0.1) is 0 Å². The molecule has 0 aromatic rings. The van der Waals surface area contributed by atoms with Crippen molar-refractivity contribution in [2.24, 2.45) is 11.8 Å². The van der Waals surface area contributed by atoms with Crippen molar-refractivity contribution in [1.82, 2.24) is 21.3 Å². The largest absolute Gasteiger partial charge is 0.317 e. The average molecular weight is 381 g/mol. The van der Waals surface area contributed by atoms with E-state index in [4.69, 9.17) is 0 Å². The molecule has 2 aliphatic rings. The third-order valence-electron chi connectivity index (χ3n) is 5.88. The first-order valence-corrected chi connectivity index (χ1v) is 12.3. The second kappa shape index (κ2) is 16.8. The van der Waals surface area contributed by atoms with E-state index in [0.29, 0.717) is 0 Å². The maximum absolute atomic E-state index is 3.60. The Bertz CT molecular complexity index is 286. The normalized spacial score (nSPS) is 16.9. The van der Waals surface area contributed by atoms with E-state index >= 15 is 0 Å². The lowest BCUT2D eigenvalue weighted by Crippen LogP contribution is -2.21. The Kier molecular flexibility index (Phi) is 14.4. The summed E-state index contributed by atoms with van der Waals surface area (Å²) >= 11 is 0. The second-order valence-electron chi connectivity index (χ2n) is 8.98. The summed E-state index contributed by atoms with van der Waals surface area (Å²) in [6.07, 6.45) is 18.0. The molecule has 0 aliphatic heterocycles. The molecule has 0 spiro atoms. The molecule has 4 N–H and O–H groups in total. The summed E-state index contributed by atoms with van der Waals surface area (Å²) in [7, 11) is 0. The zero-order valence-corrected chi connectivity index (χ0v) is 18.0. The molecule has 0 heterocycles. The lowest BCUT2D eigenvalue weighted by molar-refractivity contribution is 0.530. The molecular formula is C23H48N4. The molecule has 0 aromatic heterocycles. The van der Waals surface area contributed by atoms with Gasteiger partial charge in [-0.3, -0.25) is 0 Å². The van der Waals surface area contributed by atoms with Gasteiger partial charge in [0.15, 0.2) is 0 Å². The molecule has 0 radical (unpaired) electrons. The molecule has 4 heteroatoms. The molecular weight excluding hydrogens is 332 g/mol. The van der Waals surface area contributed by atoms with Gasteiger partial charge in [-0.1, -0.05) is 19.3 Å². The Morgan fingerprint density at radius 3 is 1.04 bits per heavy atom. The standard InChI is InChI=1S/C23H48N4/c1(2-4-14-24-16-6-8-18-26-20-22-10-11-22)3-5-15-25-17-7-9-19-27-21-23-12-13-23/h22-27H,1-21H2. The number of hydrogen-bond acceptors (Lipinski definition) is 4. The highest BCUT2D eigenvalue weighted by Gasteiger charge is 2.20. The van der Waals surface area contributed by atoms with Crippen LogP contribution >= 0.6 is 0 Å². The number of nitrogens with one attached hydrogen (secondary N) is 4. The van der Waals surface area contributed by atoms with E-state index in [1.807, 2.05) is 0 Å². The molecule has 0 amide bonds. The highest BCUT2D eigenvalue weighted by Crippen LogP contribution is 2.27. The Balaban J connectivity index is 1.13. The first kappa shape index (κ1) is 23.1. The predicted molar refractivity (Wildman–Crippen MR) is 118 cm³/mol. The minimum absolute atomic E-state index is 1.02. The van der Waals surface area contributed by atoms with Gasteiger partial charge in [-0.05, 0) is 128 Å². The molecule has 4 nitrogen and oxygen atoms in total. The smallest absolute Gasteiger partial charge is 0.00205 e. The van der Waals surface area contributed by atoms with E-state index in [9.17, 15) is 0 Å². The maximum atomic E-state index is 3.60. The first-order chi connectivity index (χ1) is 13.4. The van der Waals surface area contributed by atoms with Gasteiger partial charge < -0.3 is 21.3 Å². The summed E-state index contributed by atoms with van der Waals surface area (Å²) < 4.78 is 0. The predicted octanol–water partition coefficient (Wildman–Crippen LogP) is 3.68. The number of rotatable bonds is 22. The van der Waals surface area contributed by atoms with Crippen molar-refractivity contribution < 1.29 is 0 Å². The summed E-state index contributed by atoms with van der Waals surface area (Å²) in [5.41, 5.74) is 0. The van der Waals surface area contributed by atoms with Crippen LogP contribution in [-0.4, -0.2) is 52.4 Å². The van der Waals surface area contributed by atoms with Gasteiger partial charge >= 0.3 is 0 Å². The fraction of sp³-hybridized carbons (Fsp3) is 1.00.